The largest absolute Gasteiger partial charge is 0.385 e. The Morgan fingerprint density at radius 3 is 2.71 bits per heavy atom. The van der Waals surface area contributed by atoms with Gasteiger partial charge in [-0.1, -0.05) is 6.92 Å². The predicted octanol–water partition coefficient (Wildman–Crippen LogP) is 2.22. The SMILES string of the molecule is CCCOCC(O)c1sc(C)nc1C. The Labute approximate surface area is 88.8 Å². The Morgan fingerprint density at radius 2 is 2.21 bits per heavy atom. The van der Waals surface area contributed by atoms with Crippen molar-refractivity contribution in [2.24, 2.45) is 0 Å². The molecule has 0 aliphatic rings. The number of aryl methyl sites for hydroxylation is 2. The molecule has 1 atom stereocenters. The minimum atomic E-state index is -0.521. The third kappa shape index (κ3) is 3.04. The number of ether oxygens (including phenoxy) is 1. The van der Waals surface area contributed by atoms with E-state index in [0.717, 1.165) is 22.0 Å². The molecule has 0 spiro atoms. The van der Waals surface area contributed by atoms with Crippen LogP contribution in [0.5, 0.6) is 0 Å². The lowest BCUT2D eigenvalue weighted by Crippen LogP contribution is -2.07. The molecule has 0 fully saturated rings. The summed E-state index contributed by atoms with van der Waals surface area (Å²) >= 11 is 1.54. The third-order valence-corrected chi connectivity index (χ3v) is 3.04. The average molecular weight is 215 g/mol. The number of hydrogen-bond acceptors (Lipinski definition) is 4. The molecule has 0 aliphatic heterocycles. The lowest BCUT2D eigenvalue weighted by atomic mass is 10.3. The molecule has 1 unspecified atom stereocenters. The molecule has 14 heavy (non-hydrogen) atoms. The standard InChI is InChI=1S/C10H17NO2S/c1-4-5-13-6-9(12)10-7(2)11-8(3)14-10/h9,12H,4-6H2,1-3H3. The molecule has 1 N–H and O–H groups in total. The first-order valence-corrected chi connectivity index (χ1v) is 5.66. The smallest absolute Gasteiger partial charge is 0.113 e. The molecule has 3 nitrogen and oxygen atoms in total. The van der Waals surface area contributed by atoms with Gasteiger partial charge in [-0.3, -0.25) is 0 Å². The maximum Gasteiger partial charge on any atom is 0.113 e. The number of aliphatic hydroxyl groups is 1. The maximum absolute atomic E-state index is 9.79. The van der Waals surface area contributed by atoms with Gasteiger partial charge < -0.3 is 9.84 Å². The van der Waals surface area contributed by atoms with Crippen LogP contribution >= 0.6 is 11.3 Å². The van der Waals surface area contributed by atoms with Crippen LogP contribution in [0.2, 0.25) is 0 Å². The van der Waals surface area contributed by atoms with Crippen LogP contribution in [0.25, 0.3) is 0 Å². The fourth-order valence-corrected chi connectivity index (χ4v) is 2.17. The fourth-order valence-electron chi connectivity index (χ4n) is 1.27. The summed E-state index contributed by atoms with van der Waals surface area (Å²) in [7, 11) is 0. The van der Waals surface area contributed by atoms with Crippen molar-refractivity contribution in [2.75, 3.05) is 13.2 Å². The number of thiazole rings is 1. The van der Waals surface area contributed by atoms with E-state index in [-0.39, 0.29) is 0 Å². The van der Waals surface area contributed by atoms with Crippen molar-refractivity contribution in [2.45, 2.75) is 33.3 Å². The number of aromatic nitrogens is 1. The average Bonchev–Trinajstić information content (AvgIpc) is 2.45. The Kier molecular flexibility index (Phi) is 4.51. The second-order valence-corrected chi connectivity index (χ2v) is 4.51. The number of aliphatic hydroxyl groups excluding tert-OH is 1. The summed E-state index contributed by atoms with van der Waals surface area (Å²) < 4.78 is 5.29. The van der Waals surface area contributed by atoms with Crippen molar-refractivity contribution in [3.63, 3.8) is 0 Å². The summed E-state index contributed by atoms with van der Waals surface area (Å²) in [5, 5.41) is 10.8. The Hall–Kier alpha value is -0.450. The normalized spacial score (nSPS) is 13.1. The predicted molar refractivity (Wildman–Crippen MR) is 57.7 cm³/mol. The van der Waals surface area contributed by atoms with E-state index in [0.29, 0.717) is 13.2 Å². The summed E-state index contributed by atoms with van der Waals surface area (Å²) in [5.41, 5.74) is 0.917. The summed E-state index contributed by atoms with van der Waals surface area (Å²) in [6, 6.07) is 0. The van der Waals surface area contributed by atoms with Gasteiger partial charge in [0.1, 0.15) is 6.10 Å². The fraction of sp³-hybridized carbons (Fsp3) is 0.700. The van der Waals surface area contributed by atoms with Crippen LogP contribution in [0.4, 0.5) is 0 Å². The second-order valence-electron chi connectivity index (χ2n) is 3.27. The lowest BCUT2D eigenvalue weighted by Gasteiger charge is -2.09. The first-order chi connectivity index (χ1) is 6.65. The molecular weight excluding hydrogens is 198 g/mol. The van der Waals surface area contributed by atoms with Gasteiger partial charge in [0.2, 0.25) is 0 Å². The van der Waals surface area contributed by atoms with Crippen LogP contribution in [-0.2, 0) is 4.74 Å². The zero-order chi connectivity index (χ0) is 10.6. The maximum atomic E-state index is 9.79. The molecule has 0 aromatic carbocycles. The second kappa shape index (κ2) is 5.44. The van der Waals surface area contributed by atoms with Crippen LogP contribution in [-0.4, -0.2) is 23.3 Å². The van der Waals surface area contributed by atoms with Gasteiger partial charge in [-0.25, -0.2) is 4.98 Å². The molecule has 1 rings (SSSR count). The van der Waals surface area contributed by atoms with Gasteiger partial charge in [0, 0.05) is 6.61 Å². The highest BCUT2D eigenvalue weighted by Gasteiger charge is 2.14. The molecule has 0 saturated carbocycles. The van der Waals surface area contributed by atoms with Gasteiger partial charge in [-0.05, 0) is 20.3 Å². The molecule has 1 aromatic heterocycles. The summed E-state index contributed by atoms with van der Waals surface area (Å²) in [4.78, 5) is 5.19. The van der Waals surface area contributed by atoms with E-state index in [9.17, 15) is 5.11 Å². The van der Waals surface area contributed by atoms with Crippen LogP contribution in [0.3, 0.4) is 0 Å². The summed E-state index contributed by atoms with van der Waals surface area (Å²) in [6.45, 7) is 6.99. The van der Waals surface area contributed by atoms with Crippen LogP contribution in [0, 0.1) is 13.8 Å². The zero-order valence-electron chi connectivity index (χ0n) is 8.91. The summed E-state index contributed by atoms with van der Waals surface area (Å²) in [6.07, 6.45) is 0.459. The molecule has 1 aromatic rings. The minimum absolute atomic E-state index is 0.371. The van der Waals surface area contributed by atoms with Crippen molar-refractivity contribution in [1.29, 1.82) is 0 Å². The highest BCUT2D eigenvalue weighted by Crippen LogP contribution is 2.24. The van der Waals surface area contributed by atoms with E-state index >= 15 is 0 Å². The van der Waals surface area contributed by atoms with Gasteiger partial charge in [0.25, 0.3) is 0 Å². The Morgan fingerprint density at radius 1 is 1.50 bits per heavy atom. The minimum Gasteiger partial charge on any atom is -0.385 e. The molecule has 4 heteroatoms. The van der Waals surface area contributed by atoms with Crippen LogP contribution in [0.15, 0.2) is 0 Å². The number of rotatable bonds is 5. The van der Waals surface area contributed by atoms with Gasteiger partial charge in [0.15, 0.2) is 0 Å². The Balaban J connectivity index is 2.51. The summed E-state index contributed by atoms with van der Waals surface area (Å²) in [5.74, 6) is 0. The highest BCUT2D eigenvalue weighted by atomic mass is 32.1. The van der Waals surface area contributed by atoms with Crippen molar-refractivity contribution in [1.82, 2.24) is 4.98 Å². The monoisotopic (exact) mass is 215 g/mol. The van der Waals surface area contributed by atoms with Crippen molar-refractivity contribution >= 4 is 11.3 Å². The number of hydrogen-bond donors (Lipinski definition) is 1. The quantitative estimate of drug-likeness (QED) is 0.766. The van der Waals surface area contributed by atoms with Gasteiger partial charge in [-0.2, -0.15) is 0 Å². The van der Waals surface area contributed by atoms with Crippen molar-refractivity contribution < 1.29 is 9.84 Å². The zero-order valence-corrected chi connectivity index (χ0v) is 9.73. The Bertz CT molecular complexity index is 286. The molecule has 0 aliphatic carbocycles. The van der Waals surface area contributed by atoms with E-state index < -0.39 is 6.10 Å². The van der Waals surface area contributed by atoms with Crippen molar-refractivity contribution in [3.05, 3.63) is 15.6 Å². The molecule has 0 saturated heterocycles. The first kappa shape index (κ1) is 11.6. The van der Waals surface area contributed by atoms with E-state index in [2.05, 4.69) is 11.9 Å². The van der Waals surface area contributed by atoms with Gasteiger partial charge in [-0.15, -0.1) is 11.3 Å². The first-order valence-electron chi connectivity index (χ1n) is 4.85. The van der Waals surface area contributed by atoms with Crippen LogP contribution < -0.4 is 0 Å². The van der Waals surface area contributed by atoms with Gasteiger partial charge in [0.05, 0.1) is 22.2 Å². The van der Waals surface area contributed by atoms with E-state index in [1.165, 1.54) is 11.3 Å². The van der Waals surface area contributed by atoms with E-state index in [1.807, 2.05) is 13.8 Å². The molecule has 80 valence electrons. The molecular formula is C10H17NO2S. The number of nitrogens with zero attached hydrogens (tertiary/aromatic N) is 1. The molecule has 0 bridgehead atoms. The van der Waals surface area contributed by atoms with Crippen LogP contribution in [0.1, 0.15) is 35.0 Å². The molecule has 0 radical (unpaired) electrons. The lowest BCUT2D eigenvalue weighted by molar-refractivity contribution is 0.0378. The van der Waals surface area contributed by atoms with Gasteiger partial charge >= 0.3 is 0 Å². The van der Waals surface area contributed by atoms with Crippen molar-refractivity contribution in [3.8, 4) is 0 Å². The molecule has 1 heterocycles. The highest BCUT2D eigenvalue weighted by molar-refractivity contribution is 7.11. The topological polar surface area (TPSA) is 42.4 Å². The van der Waals surface area contributed by atoms with E-state index in [4.69, 9.17) is 4.74 Å². The van der Waals surface area contributed by atoms with E-state index in [1.54, 1.807) is 0 Å². The molecule has 0 amide bonds. The third-order valence-electron chi connectivity index (χ3n) is 1.87.